The molecule has 0 spiro atoms. The van der Waals surface area contributed by atoms with Crippen LogP contribution in [0.2, 0.25) is 0 Å². The number of nitrogens with zero attached hydrogens (tertiary/aromatic N) is 2. The molecule has 2 atom stereocenters. The van der Waals surface area contributed by atoms with Crippen molar-refractivity contribution in [2.45, 2.75) is 32.5 Å². The number of amides is 1. The van der Waals surface area contributed by atoms with E-state index in [1.54, 1.807) is 11.0 Å². The first kappa shape index (κ1) is 19.1. The summed E-state index contributed by atoms with van der Waals surface area (Å²) in [5.41, 5.74) is 0.680. The number of carbonyl (C=O) groups excluding carboxylic acids is 1. The number of sulfone groups is 1. The molecular weight excluding hydrogens is 359 g/mol. The molecule has 2 fully saturated rings. The first-order valence-electron chi connectivity index (χ1n) is 8.79. The van der Waals surface area contributed by atoms with Gasteiger partial charge in [-0.25, -0.2) is 12.8 Å². The van der Waals surface area contributed by atoms with Crippen molar-refractivity contribution in [1.29, 1.82) is 0 Å². The maximum absolute atomic E-state index is 13.7. The minimum atomic E-state index is -3.21. The van der Waals surface area contributed by atoms with E-state index >= 15 is 0 Å². The van der Waals surface area contributed by atoms with Gasteiger partial charge in [-0.1, -0.05) is 13.8 Å². The van der Waals surface area contributed by atoms with Crippen molar-refractivity contribution in [3.05, 3.63) is 29.6 Å². The highest BCUT2D eigenvalue weighted by atomic mass is 32.2. The number of methoxy groups -OCH3 is 1. The van der Waals surface area contributed by atoms with E-state index in [0.717, 1.165) is 0 Å². The third kappa shape index (κ3) is 3.71. The van der Waals surface area contributed by atoms with Gasteiger partial charge in [0.1, 0.15) is 11.6 Å². The molecule has 0 aliphatic carbocycles. The largest absolute Gasteiger partial charge is 0.496 e. The van der Waals surface area contributed by atoms with Gasteiger partial charge in [0.15, 0.2) is 9.84 Å². The number of carbonyl (C=O) groups is 1. The van der Waals surface area contributed by atoms with E-state index in [9.17, 15) is 17.6 Å². The number of benzene rings is 1. The van der Waals surface area contributed by atoms with Crippen LogP contribution >= 0.6 is 0 Å². The first-order valence-corrected chi connectivity index (χ1v) is 10.6. The summed E-state index contributed by atoms with van der Waals surface area (Å²) in [6, 6.07) is 3.71. The van der Waals surface area contributed by atoms with Crippen LogP contribution in [0, 0.1) is 11.7 Å². The molecule has 1 aromatic rings. The predicted molar refractivity (Wildman–Crippen MR) is 96.1 cm³/mol. The SMILES string of the molecule is COc1ccc(F)cc1CN1CCN(C(=O)C(C)C)[C@@H]2CS(=O)(=O)C[C@@H]21. The fourth-order valence-electron chi connectivity index (χ4n) is 3.92. The maximum atomic E-state index is 13.7. The molecule has 0 bridgehead atoms. The smallest absolute Gasteiger partial charge is 0.225 e. The maximum Gasteiger partial charge on any atom is 0.225 e. The Balaban J connectivity index is 1.87. The predicted octanol–water partition coefficient (Wildman–Crippen LogP) is 1.30. The molecule has 2 saturated heterocycles. The molecule has 0 N–H and O–H groups in total. The molecule has 0 radical (unpaired) electrons. The number of hydrogen-bond donors (Lipinski definition) is 0. The van der Waals surface area contributed by atoms with Crippen LogP contribution in [0.1, 0.15) is 19.4 Å². The van der Waals surface area contributed by atoms with Crippen molar-refractivity contribution in [2.24, 2.45) is 5.92 Å². The van der Waals surface area contributed by atoms with Crippen LogP contribution < -0.4 is 4.74 Å². The Labute approximate surface area is 153 Å². The second-order valence-corrected chi connectivity index (χ2v) is 9.48. The molecule has 2 aliphatic rings. The summed E-state index contributed by atoms with van der Waals surface area (Å²) in [5.74, 6) is 0.0489. The van der Waals surface area contributed by atoms with Crippen LogP contribution in [0.15, 0.2) is 18.2 Å². The molecule has 26 heavy (non-hydrogen) atoms. The number of piperazine rings is 1. The third-order valence-electron chi connectivity index (χ3n) is 5.18. The van der Waals surface area contributed by atoms with Crippen molar-refractivity contribution in [3.8, 4) is 5.75 Å². The molecule has 1 aromatic carbocycles. The van der Waals surface area contributed by atoms with Crippen molar-refractivity contribution < 1.29 is 22.3 Å². The molecule has 2 aliphatic heterocycles. The lowest BCUT2D eigenvalue weighted by Crippen LogP contribution is -2.60. The van der Waals surface area contributed by atoms with Crippen molar-refractivity contribution in [1.82, 2.24) is 9.80 Å². The van der Waals surface area contributed by atoms with E-state index in [4.69, 9.17) is 4.74 Å². The second kappa shape index (κ2) is 7.15. The quantitative estimate of drug-likeness (QED) is 0.783. The van der Waals surface area contributed by atoms with Crippen molar-refractivity contribution in [3.63, 3.8) is 0 Å². The Bertz CT molecular complexity index is 796. The lowest BCUT2D eigenvalue weighted by molar-refractivity contribution is -0.140. The topological polar surface area (TPSA) is 66.9 Å². The lowest BCUT2D eigenvalue weighted by atomic mass is 10.0. The average molecular weight is 384 g/mol. The zero-order valence-electron chi connectivity index (χ0n) is 15.3. The fourth-order valence-corrected chi connectivity index (χ4v) is 5.93. The van der Waals surface area contributed by atoms with Crippen LogP contribution in [0.25, 0.3) is 0 Å². The van der Waals surface area contributed by atoms with Crippen LogP contribution in [0.5, 0.6) is 5.75 Å². The zero-order chi connectivity index (χ0) is 19.1. The van der Waals surface area contributed by atoms with E-state index in [-0.39, 0.29) is 41.2 Å². The summed E-state index contributed by atoms with van der Waals surface area (Å²) in [4.78, 5) is 16.3. The van der Waals surface area contributed by atoms with Crippen LogP contribution in [0.3, 0.4) is 0 Å². The molecule has 2 heterocycles. The Morgan fingerprint density at radius 1 is 1.27 bits per heavy atom. The first-order chi connectivity index (χ1) is 12.2. The summed E-state index contributed by atoms with van der Waals surface area (Å²) in [7, 11) is -1.68. The average Bonchev–Trinajstić information content (AvgIpc) is 2.90. The van der Waals surface area contributed by atoms with Gasteiger partial charge in [0.25, 0.3) is 0 Å². The van der Waals surface area contributed by atoms with Gasteiger partial charge in [-0.2, -0.15) is 0 Å². The standard InChI is InChI=1S/C18H25FN2O4S/c1-12(2)18(22)21-7-6-20(15-10-26(23,24)11-16(15)21)9-13-8-14(19)4-5-17(13)25-3/h4-5,8,12,15-16H,6-7,9-11H2,1-3H3/t15-,16+/m0/s1. The van der Waals surface area contributed by atoms with E-state index in [1.165, 1.54) is 19.2 Å². The molecule has 1 amide bonds. The Morgan fingerprint density at radius 2 is 1.96 bits per heavy atom. The van der Waals surface area contributed by atoms with Gasteiger partial charge in [-0.3, -0.25) is 9.69 Å². The summed E-state index contributed by atoms with van der Waals surface area (Å²) in [6.45, 7) is 5.07. The molecule has 3 rings (SSSR count). The van der Waals surface area contributed by atoms with Gasteiger partial charge in [-0.05, 0) is 18.2 Å². The summed E-state index contributed by atoms with van der Waals surface area (Å²) in [6.07, 6.45) is 0. The summed E-state index contributed by atoms with van der Waals surface area (Å²) in [5, 5.41) is 0. The summed E-state index contributed by atoms with van der Waals surface area (Å²) < 4.78 is 43.5. The minimum absolute atomic E-state index is 0.00703. The monoisotopic (exact) mass is 384 g/mol. The molecule has 6 nitrogen and oxygen atoms in total. The Kier molecular flexibility index (Phi) is 5.25. The lowest BCUT2D eigenvalue weighted by Gasteiger charge is -2.44. The van der Waals surface area contributed by atoms with Gasteiger partial charge in [0, 0.05) is 37.2 Å². The highest BCUT2D eigenvalue weighted by Gasteiger charge is 2.48. The third-order valence-corrected chi connectivity index (χ3v) is 6.88. The second-order valence-electron chi connectivity index (χ2n) is 7.32. The highest BCUT2D eigenvalue weighted by molar-refractivity contribution is 7.91. The number of rotatable bonds is 4. The molecule has 0 aromatic heterocycles. The molecule has 144 valence electrons. The van der Waals surface area contributed by atoms with Crippen LogP contribution in [0.4, 0.5) is 4.39 Å². The normalized spacial score (nSPS) is 25.3. The van der Waals surface area contributed by atoms with Gasteiger partial charge < -0.3 is 9.64 Å². The van der Waals surface area contributed by atoms with E-state index < -0.39 is 9.84 Å². The molecular formula is C18H25FN2O4S. The van der Waals surface area contributed by atoms with Gasteiger partial charge >= 0.3 is 0 Å². The van der Waals surface area contributed by atoms with E-state index in [2.05, 4.69) is 0 Å². The minimum Gasteiger partial charge on any atom is -0.496 e. The molecule has 0 unspecified atom stereocenters. The van der Waals surface area contributed by atoms with Gasteiger partial charge in [0.05, 0.1) is 24.7 Å². The number of hydrogen-bond acceptors (Lipinski definition) is 5. The summed E-state index contributed by atoms with van der Waals surface area (Å²) >= 11 is 0. The number of fused-ring (bicyclic) bond motifs is 1. The Hall–Kier alpha value is -1.67. The van der Waals surface area contributed by atoms with Crippen LogP contribution in [-0.4, -0.2) is 67.9 Å². The van der Waals surface area contributed by atoms with Crippen molar-refractivity contribution >= 4 is 15.7 Å². The Morgan fingerprint density at radius 3 is 2.62 bits per heavy atom. The van der Waals surface area contributed by atoms with Crippen LogP contribution in [-0.2, 0) is 21.2 Å². The van der Waals surface area contributed by atoms with Gasteiger partial charge in [0.2, 0.25) is 5.91 Å². The van der Waals surface area contributed by atoms with Crippen molar-refractivity contribution in [2.75, 3.05) is 31.7 Å². The number of ether oxygens (including phenoxy) is 1. The van der Waals surface area contributed by atoms with E-state index in [0.29, 0.717) is 30.9 Å². The number of halogens is 1. The highest BCUT2D eigenvalue weighted by Crippen LogP contribution is 2.31. The zero-order valence-corrected chi connectivity index (χ0v) is 16.1. The van der Waals surface area contributed by atoms with Gasteiger partial charge in [-0.15, -0.1) is 0 Å². The van der Waals surface area contributed by atoms with E-state index in [1.807, 2.05) is 18.7 Å². The molecule has 8 heteroatoms. The molecule has 0 saturated carbocycles. The fraction of sp³-hybridized carbons (Fsp3) is 0.611.